The number of hydrogen-bond donors (Lipinski definition) is 3. The molecule has 0 saturated heterocycles. The number of nitrogens with zero attached hydrogens (tertiary/aromatic N) is 1. The number of amides is 2. The molecular weight excluding hydrogens is 328 g/mol. The maximum atomic E-state index is 11.3. The van der Waals surface area contributed by atoms with E-state index in [9.17, 15) is 19.7 Å². The SMILES string of the molecule is CC(C)(C)C(C=CCOC(N)=O)Nc1ccc(C(N)=O)cc1[N+](=O)[O-]. The van der Waals surface area contributed by atoms with Crippen LogP contribution in [0.3, 0.4) is 0 Å². The number of anilines is 1. The number of nitro benzene ring substituents is 1. The average molecular weight is 350 g/mol. The van der Waals surface area contributed by atoms with E-state index in [2.05, 4.69) is 10.1 Å². The minimum atomic E-state index is -0.886. The topological polar surface area (TPSA) is 151 Å². The van der Waals surface area contributed by atoms with Crippen molar-refractivity contribution >= 4 is 23.4 Å². The van der Waals surface area contributed by atoms with E-state index in [0.29, 0.717) is 0 Å². The molecule has 0 saturated carbocycles. The summed E-state index contributed by atoms with van der Waals surface area (Å²) in [5, 5.41) is 14.4. The molecule has 0 bridgehead atoms. The molecule has 0 aliphatic carbocycles. The predicted molar refractivity (Wildman–Crippen MR) is 93.2 cm³/mol. The fraction of sp³-hybridized carbons (Fsp3) is 0.375. The minimum Gasteiger partial charge on any atom is -0.445 e. The van der Waals surface area contributed by atoms with Crippen molar-refractivity contribution in [2.45, 2.75) is 26.8 Å². The summed E-state index contributed by atoms with van der Waals surface area (Å²) in [6, 6.07) is 3.66. The largest absolute Gasteiger partial charge is 0.445 e. The van der Waals surface area contributed by atoms with Crippen molar-refractivity contribution in [2.24, 2.45) is 16.9 Å². The molecule has 0 radical (unpaired) electrons. The number of benzene rings is 1. The molecule has 0 heterocycles. The Kier molecular flexibility index (Phi) is 6.49. The molecule has 1 aromatic carbocycles. The zero-order chi connectivity index (χ0) is 19.2. The highest BCUT2D eigenvalue weighted by Crippen LogP contribution is 2.30. The van der Waals surface area contributed by atoms with Gasteiger partial charge in [0.2, 0.25) is 5.91 Å². The Hall–Kier alpha value is -3.10. The molecule has 0 aliphatic rings. The summed E-state index contributed by atoms with van der Waals surface area (Å²) < 4.78 is 4.62. The second-order valence-electron chi connectivity index (χ2n) is 6.40. The summed E-state index contributed by atoms with van der Waals surface area (Å²) in [4.78, 5) is 32.5. The standard InChI is InChI=1S/C16H22N4O5/c1-16(2,3)13(5-4-8-25-15(18)22)19-11-7-6-10(14(17)21)9-12(11)20(23)24/h4-7,9,13,19H,8H2,1-3H3,(H2,17,21)(H2,18,22). The molecule has 1 atom stereocenters. The van der Waals surface area contributed by atoms with E-state index in [4.69, 9.17) is 11.5 Å². The molecule has 5 N–H and O–H groups in total. The number of ether oxygens (including phenoxy) is 1. The third-order valence-electron chi connectivity index (χ3n) is 3.37. The smallest absolute Gasteiger partial charge is 0.404 e. The molecule has 0 aromatic heterocycles. The van der Waals surface area contributed by atoms with Gasteiger partial charge in [-0.2, -0.15) is 0 Å². The van der Waals surface area contributed by atoms with Crippen molar-refractivity contribution in [3.63, 3.8) is 0 Å². The van der Waals surface area contributed by atoms with Gasteiger partial charge in [-0.1, -0.05) is 26.8 Å². The van der Waals surface area contributed by atoms with E-state index in [1.54, 1.807) is 12.2 Å². The van der Waals surface area contributed by atoms with Crippen LogP contribution < -0.4 is 16.8 Å². The van der Waals surface area contributed by atoms with Crippen LogP contribution in [-0.2, 0) is 4.74 Å². The van der Waals surface area contributed by atoms with E-state index in [1.807, 2.05) is 20.8 Å². The highest BCUT2D eigenvalue weighted by atomic mass is 16.6. The lowest BCUT2D eigenvalue weighted by Crippen LogP contribution is -2.32. The monoisotopic (exact) mass is 350 g/mol. The van der Waals surface area contributed by atoms with Gasteiger partial charge in [0.25, 0.3) is 5.69 Å². The Labute approximate surface area is 145 Å². The van der Waals surface area contributed by atoms with Crippen LogP contribution in [0.5, 0.6) is 0 Å². The molecule has 0 fully saturated rings. The molecule has 1 unspecified atom stereocenters. The lowest BCUT2D eigenvalue weighted by Gasteiger charge is -2.30. The molecule has 9 heteroatoms. The zero-order valence-corrected chi connectivity index (χ0v) is 14.3. The van der Waals surface area contributed by atoms with Gasteiger partial charge in [0, 0.05) is 17.7 Å². The van der Waals surface area contributed by atoms with Gasteiger partial charge in [-0.15, -0.1) is 0 Å². The summed E-state index contributed by atoms with van der Waals surface area (Å²) in [6.45, 7) is 5.81. The van der Waals surface area contributed by atoms with Crippen LogP contribution >= 0.6 is 0 Å². The molecular formula is C16H22N4O5. The van der Waals surface area contributed by atoms with Crippen LogP contribution in [0.15, 0.2) is 30.4 Å². The Morgan fingerprint density at radius 1 is 1.36 bits per heavy atom. The summed E-state index contributed by atoms with van der Waals surface area (Å²) in [6.07, 6.45) is 2.44. The fourth-order valence-corrected chi connectivity index (χ4v) is 2.00. The van der Waals surface area contributed by atoms with Crippen molar-refractivity contribution in [2.75, 3.05) is 11.9 Å². The fourth-order valence-electron chi connectivity index (χ4n) is 2.00. The number of nitrogens with two attached hydrogens (primary N) is 2. The first kappa shape index (κ1) is 19.9. The Bertz CT molecular complexity index is 694. The Morgan fingerprint density at radius 2 is 2.00 bits per heavy atom. The maximum Gasteiger partial charge on any atom is 0.404 e. The van der Waals surface area contributed by atoms with Crippen LogP contribution in [0.25, 0.3) is 0 Å². The highest BCUT2D eigenvalue weighted by molar-refractivity contribution is 5.94. The number of nitrogens with one attached hydrogen (secondary N) is 1. The van der Waals surface area contributed by atoms with Gasteiger partial charge in [-0.25, -0.2) is 4.79 Å². The number of carbonyl (C=O) groups is 2. The molecule has 136 valence electrons. The lowest BCUT2D eigenvalue weighted by molar-refractivity contribution is -0.384. The van der Waals surface area contributed by atoms with Gasteiger partial charge in [0.1, 0.15) is 12.3 Å². The number of primary amides is 2. The van der Waals surface area contributed by atoms with Crippen LogP contribution in [0.2, 0.25) is 0 Å². The number of carbonyl (C=O) groups excluding carboxylic acids is 2. The lowest BCUT2D eigenvalue weighted by atomic mass is 9.86. The molecule has 9 nitrogen and oxygen atoms in total. The summed E-state index contributed by atoms with van der Waals surface area (Å²) in [7, 11) is 0. The number of nitro groups is 1. The number of rotatable bonds is 7. The molecule has 0 spiro atoms. The van der Waals surface area contributed by atoms with Crippen molar-refractivity contribution < 1.29 is 19.2 Å². The van der Waals surface area contributed by atoms with Crippen molar-refractivity contribution in [1.82, 2.24) is 0 Å². The first-order valence-corrected chi connectivity index (χ1v) is 7.46. The molecule has 1 aromatic rings. The molecule has 25 heavy (non-hydrogen) atoms. The van der Waals surface area contributed by atoms with Crippen LogP contribution in [0.4, 0.5) is 16.2 Å². The second-order valence-corrected chi connectivity index (χ2v) is 6.40. The zero-order valence-electron chi connectivity index (χ0n) is 14.3. The third-order valence-corrected chi connectivity index (χ3v) is 3.37. The Balaban J connectivity index is 3.09. The van der Waals surface area contributed by atoms with Gasteiger partial charge >= 0.3 is 6.09 Å². The van der Waals surface area contributed by atoms with Gasteiger partial charge < -0.3 is 21.5 Å². The van der Waals surface area contributed by atoms with Gasteiger partial charge in [0.05, 0.1) is 4.92 Å². The van der Waals surface area contributed by atoms with Crippen molar-refractivity contribution in [3.8, 4) is 0 Å². The molecule has 1 rings (SSSR count). The highest BCUT2D eigenvalue weighted by Gasteiger charge is 2.25. The van der Waals surface area contributed by atoms with Crippen LogP contribution in [0, 0.1) is 15.5 Å². The third kappa shape index (κ3) is 6.13. The van der Waals surface area contributed by atoms with Crippen LogP contribution in [-0.4, -0.2) is 29.6 Å². The minimum absolute atomic E-state index is 0.00764. The summed E-state index contributed by atoms with van der Waals surface area (Å²) in [5.41, 5.74) is 9.78. The summed E-state index contributed by atoms with van der Waals surface area (Å²) in [5.74, 6) is -0.745. The maximum absolute atomic E-state index is 11.3. The van der Waals surface area contributed by atoms with E-state index >= 15 is 0 Å². The van der Waals surface area contributed by atoms with E-state index in [-0.39, 0.29) is 35.0 Å². The first-order chi connectivity index (χ1) is 11.5. The molecule has 2 amide bonds. The molecule has 0 aliphatic heterocycles. The van der Waals surface area contributed by atoms with E-state index < -0.39 is 16.9 Å². The van der Waals surface area contributed by atoms with Crippen molar-refractivity contribution in [3.05, 3.63) is 46.0 Å². The predicted octanol–water partition coefficient (Wildman–Crippen LogP) is 2.17. The Morgan fingerprint density at radius 3 is 2.48 bits per heavy atom. The van der Waals surface area contributed by atoms with Gasteiger partial charge in [0.15, 0.2) is 0 Å². The van der Waals surface area contributed by atoms with Crippen molar-refractivity contribution in [1.29, 1.82) is 0 Å². The van der Waals surface area contributed by atoms with Crippen LogP contribution in [0.1, 0.15) is 31.1 Å². The normalized spacial score (nSPS) is 12.6. The average Bonchev–Trinajstić information content (AvgIpc) is 2.48. The van der Waals surface area contributed by atoms with Gasteiger partial charge in [-0.05, 0) is 23.6 Å². The van der Waals surface area contributed by atoms with Gasteiger partial charge in [-0.3, -0.25) is 14.9 Å². The summed E-state index contributed by atoms with van der Waals surface area (Å²) >= 11 is 0. The van der Waals surface area contributed by atoms with E-state index in [0.717, 1.165) is 6.07 Å². The quantitative estimate of drug-likeness (QED) is 0.389. The first-order valence-electron chi connectivity index (χ1n) is 7.46. The second kappa shape index (κ2) is 8.13. The van der Waals surface area contributed by atoms with E-state index in [1.165, 1.54) is 12.1 Å². The number of hydrogen-bond acceptors (Lipinski definition) is 6.